The predicted octanol–water partition coefficient (Wildman–Crippen LogP) is 4.52. The first-order chi connectivity index (χ1) is 7.19. The van der Waals surface area contributed by atoms with Crippen LogP contribution in [0.15, 0.2) is 36.4 Å². The molecule has 0 N–H and O–H groups in total. The van der Waals surface area contributed by atoms with Gasteiger partial charge in [0.15, 0.2) is 0 Å². The maximum atomic E-state index is 9.80. The molecule has 0 aliphatic rings. The van der Waals surface area contributed by atoms with E-state index in [1.807, 2.05) is 0 Å². The van der Waals surface area contributed by atoms with Crippen LogP contribution in [0.2, 0.25) is 0 Å². The Labute approximate surface area is 102 Å². The van der Waals surface area contributed by atoms with Crippen molar-refractivity contribution in [2.24, 2.45) is 0 Å². The standard InChI is InChI=1S/C12H13.2FH.Zr/c1-9(2)12-7-10-5-3-4-6-11(10)8-12;;;/h3-9H,1-2H3;2*1H;/q-1;;;+2/p-2. The molecule has 0 saturated heterocycles. The quantitative estimate of drug-likeness (QED) is 0.676. The topological polar surface area (TPSA) is 0 Å². The van der Waals surface area contributed by atoms with Gasteiger partial charge in [-0.25, -0.2) is 0 Å². The summed E-state index contributed by atoms with van der Waals surface area (Å²) in [5.74, 6) is 0.636. The van der Waals surface area contributed by atoms with Crippen LogP contribution < -0.4 is 0 Å². The van der Waals surface area contributed by atoms with Crippen LogP contribution in [0.3, 0.4) is 0 Å². The third-order valence-electron chi connectivity index (χ3n) is 2.31. The number of hydrogen-bond acceptors (Lipinski definition) is 0. The minimum absolute atomic E-state index is 0.636. The predicted molar refractivity (Wildman–Crippen MR) is 55.8 cm³/mol. The van der Waals surface area contributed by atoms with E-state index in [9.17, 15) is 5.25 Å². The van der Waals surface area contributed by atoms with E-state index >= 15 is 0 Å². The number of rotatable bonds is 1. The van der Waals surface area contributed by atoms with Crippen molar-refractivity contribution in [3.63, 3.8) is 0 Å². The third-order valence-corrected chi connectivity index (χ3v) is 2.31. The van der Waals surface area contributed by atoms with E-state index in [2.05, 4.69) is 50.2 Å². The van der Waals surface area contributed by atoms with Gasteiger partial charge in [0.2, 0.25) is 0 Å². The summed E-state index contributed by atoms with van der Waals surface area (Å²) in [4.78, 5) is 0. The van der Waals surface area contributed by atoms with Crippen LogP contribution >= 0.6 is 0 Å². The number of hydrogen-bond donors (Lipinski definition) is 0. The molecule has 0 heterocycles. The van der Waals surface area contributed by atoms with Crippen molar-refractivity contribution in [1.82, 2.24) is 0 Å². The van der Waals surface area contributed by atoms with Crippen LogP contribution in [0.4, 0.5) is 5.25 Å². The second-order valence-electron chi connectivity index (χ2n) is 3.64. The van der Waals surface area contributed by atoms with Gasteiger partial charge in [0, 0.05) is 0 Å². The fourth-order valence-electron chi connectivity index (χ4n) is 1.51. The van der Waals surface area contributed by atoms with Gasteiger partial charge in [0.1, 0.15) is 0 Å². The van der Waals surface area contributed by atoms with Crippen molar-refractivity contribution in [3.05, 3.63) is 42.0 Å². The molecule has 0 aromatic heterocycles. The minimum atomic E-state index is -2.77. The van der Waals surface area contributed by atoms with E-state index in [4.69, 9.17) is 0 Å². The molecule has 0 nitrogen and oxygen atoms in total. The molecule has 0 fully saturated rings. The fourth-order valence-corrected chi connectivity index (χ4v) is 1.51. The van der Waals surface area contributed by atoms with Gasteiger partial charge < -0.3 is 0 Å². The van der Waals surface area contributed by atoms with E-state index in [0.717, 1.165) is 0 Å². The number of fused-ring (bicyclic) bond motifs is 1. The Bertz CT molecular complexity index is 374. The molecule has 3 heteroatoms. The van der Waals surface area contributed by atoms with E-state index < -0.39 is 24.5 Å². The molecule has 2 aromatic carbocycles. The molecule has 2 rings (SSSR count). The summed E-state index contributed by atoms with van der Waals surface area (Å²) in [7, 11) is 0. The Morgan fingerprint density at radius 2 is 1.80 bits per heavy atom. The van der Waals surface area contributed by atoms with Gasteiger partial charge in [-0.2, -0.15) is 6.07 Å². The summed E-state index contributed by atoms with van der Waals surface area (Å²) in [6, 6.07) is 13.1. The average Bonchev–Trinajstić information content (AvgIpc) is 2.62. The normalized spacial score (nSPS) is 9.93. The van der Waals surface area contributed by atoms with E-state index in [-0.39, 0.29) is 0 Å². The first-order valence-electron chi connectivity index (χ1n) is 4.80. The summed E-state index contributed by atoms with van der Waals surface area (Å²) in [5.41, 5.74) is 1.44. The zero-order valence-electron chi connectivity index (χ0n) is 8.80. The SMILES string of the molecule is CC(C)c1cc2ccccc2[cH-]1.[F][Zr][F]. The van der Waals surface area contributed by atoms with Gasteiger partial charge in [0.05, 0.1) is 0 Å². The van der Waals surface area contributed by atoms with E-state index in [0.29, 0.717) is 5.92 Å². The van der Waals surface area contributed by atoms with Gasteiger partial charge >= 0.3 is 29.7 Å². The fraction of sp³-hybridized carbons (Fsp3) is 0.250. The van der Waals surface area contributed by atoms with Crippen molar-refractivity contribution in [3.8, 4) is 0 Å². The Morgan fingerprint density at radius 3 is 2.33 bits per heavy atom. The molecule has 80 valence electrons. The summed E-state index contributed by atoms with van der Waals surface area (Å²) in [6.07, 6.45) is 0. The molecule has 2 aromatic rings. The van der Waals surface area contributed by atoms with Gasteiger partial charge in [0.25, 0.3) is 0 Å². The molecule has 15 heavy (non-hydrogen) atoms. The second-order valence-corrected chi connectivity index (χ2v) is 3.99. The van der Waals surface area contributed by atoms with Crippen molar-refractivity contribution in [2.45, 2.75) is 19.8 Å². The molecule has 0 amide bonds. The molecule has 0 atom stereocenters. The number of benzene rings is 1. The van der Waals surface area contributed by atoms with Crippen molar-refractivity contribution in [1.29, 1.82) is 0 Å². The van der Waals surface area contributed by atoms with Crippen LogP contribution in [0.5, 0.6) is 0 Å². The Balaban J connectivity index is 0.000000337. The second kappa shape index (κ2) is 6.22. The van der Waals surface area contributed by atoms with Gasteiger partial charge in [-0.15, -0.1) is 40.6 Å². The van der Waals surface area contributed by atoms with E-state index in [1.54, 1.807) is 0 Å². The van der Waals surface area contributed by atoms with Crippen LogP contribution in [0, 0.1) is 0 Å². The average molecular weight is 286 g/mol. The monoisotopic (exact) mass is 285 g/mol. The first-order valence-corrected chi connectivity index (χ1v) is 6.66. The summed E-state index contributed by atoms with van der Waals surface area (Å²) >= 11 is -2.77. The molecule has 0 radical (unpaired) electrons. The van der Waals surface area contributed by atoms with Crippen LogP contribution in [-0.2, 0) is 24.5 Å². The van der Waals surface area contributed by atoms with Crippen LogP contribution in [0.1, 0.15) is 25.3 Å². The van der Waals surface area contributed by atoms with Crippen molar-refractivity contribution in [2.75, 3.05) is 0 Å². The van der Waals surface area contributed by atoms with Crippen LogP contribution in [-0.4, -0.2) is 0 Å². The maximum absolute atomic E-state index is 9.80. The zero-order valence-corrected chi connectivity index (χ0v) is 11.3. The Hall–Kier alpha value is -0.427. The molecule has 0 saturated carbocycles. The zero-order chi connectivity index (χ0) is 11.3. The van der Waals surface area contributed by atoms with Crippen molar-refractivity contribution >= 4 is 10.8 Å². The van der Waals surface area contributed by atoms with Gasteiger partial charge in [-0.05, 0) is 5.92 Å². The molecule has 0 aliphatic carbocycles. The Morgan fingerprint density at radius 1 is 1.20 bits per heavy atom. The van der Waals surface area contributed by atoms with Crippen LogP contribution in [0.25, 0.3) is 10.8 Å². The van der Waals surface area contributed by atoms with Crippen molar-refractivity contribution < 1.29 is 29.7 Å². The summed E-state index contributed by atoms with van der Waals surface area (Å²) in [5, 5.41) is 2.72. The summed E-state index contributed by atoms with van der Waals surface area (Å²) < 4.78 is 19.6. The van der Waals surface area contributed by atoms with Gasteiger partial charge in [-0.1, -0.05) is 19.9 Å². The first kappa shape index (κ1) is 12.6. The van der Waals surface area contributed by atoms with E-state index in [1.165, 1.54) is 16.3 Å². The third kappa shape index (κ3) is 3.57. The molecule has 0 bridgehead atoms. The summed E-state index contributed by atoms with van der Waals surface area (Å²) in [6.45, 7) is 4.46. The van der Waals surface area contributed by atoms with Gasteiger partial charge in [-0.3, -0.25) is 0 Å². The molecule has 0 unspecified atom stereocenters. The number of halogens is 2. The Kier molecular flexibility index (Phi) is 5.24. The molecule has 0 aliphatic heterocycles. The molecule has 0 spiro atoms. The molecular formula is C12H13F2Zr-. The molecular weight excluding hydrogens is 273 g/mol.